The lowest BCUT2D eigenvalue weighted by atomic mass is 10.2. The fourth-order valence-corrected chi connectivity index (χ4v) is 2.32. The Morgan fingerprint density at radius 1 is 1.21 bits per heavy atom. The molecule has 0 radical (unpaired) electrons. The first-order valence-electron chi connectivity index (χ1n) is 4.80. The van der Waals surface area contributed by atoms with Gasteiger partial charge in [-0.15, -0.1) is 0 Å². The smallest absolute Gasteiger partial charge is 0.150 e. The number of carbonyl (C=O) groups excluding carboxylic acids is 1. The Bertz CT molecular complexity index is 345. The van der Waals surface area contributed by atoms with Crippen LogP contribution in [0, 0.1) is 0 Å². The largest absolute Gasteiger partial charge is 0.371 e. The number of halogens is 1. The molecule has 2 nitrogen and oxygen atoms in total. The number of nitrogens with zero attached hydrogens (tertiary/aromatic N) is 1. The molecule has 0 unspecified atom stereocenters. The summed E-state index contributed by atoms with van der Waals surface area (Å²) in [6.07, 6.45) is 3.40. The van der Waals surface area contributed by atoms with Crippen LogP contribution in [0.4, 0.5) is 5.69 Å². The van der Waals surface area contributed by atoms with Gasteiger partial charge in [-0.25, -0.2) is 0 Å². The molecule has 1 heterocycles. The molecule has 1 aliphatic heterocycles. The molecule has 1 fully saturated rings. The van der Waals surface area contributed by atoms with Crippen LogP contribution in [0.3, 0.4) is 0 Å². The van der Waals surface area contributed by atoms with E-state index in [0.29, 0.717) is 0 Å². The minimum atomic E-state index is 0.737. The van der Waals surface area contributed by atoms with E-state index >= 15 is 0 Å². The number of carbonyl (C=O) groups is 1. The molecule has 74 valence electrons. The molecule has 0 amide bonds. The molecule has 0 spiro atoms. The second-order valence-electron chi connectivity index (χ2n) is 3.55. The van der Waals surface area contributed by atoms with E-state index in [2.05, 4.69) is 26.9 Å². The summed E-state index contributed by atoms with van der Waals surface area (Å²) in [7, 11) is 0. The molecule has 0 atom stereocenters. The molecule has 0 N–H and O–H groups in total. The van der Waals surface area contributed by atoms with Crippen LogP contribution in [-0.2, 0) is 0 Å². The number of rotatable bonds is 2. The molecule has 1 aliphatic rings. The average molecular weight is 254 g/mol. The van der Waals surface area contributed by atoms with Crippen LogP contribution < -0.4 is 4.90 Å². The number of hydrogen-bond donors (Lipinski definition) is 0. The average Bonchev–Trinajstić information content (AvgIpc) is 2.69. The monoisotopic (exact) mass is 253 g/mol. The van der Waals surface area contributed by atoms with Crippen LogP contribution in [-0.4, -0.2) is 19.4 Å². The molecule has 3 heteroatoms. The second kappa shape index (κ2) is 4.13. The summed E-state index contributed by atoms with van der Waals surface area (Å²) < 4.78 is 0.976. The van der Waals surface area contributed by atoms with Crippen molar-refractivity contribution < 1.29 is 4.79 Å². The van der Waals surface area contributed by atoms with Crippen molar-refractivity contribution in [2.75, 3.05) is 18.0 Å². The van der Waals surface area contributed by atoms with Gasteiger partial charge >= 0.3 is 0 Å². The molecule has 0 bridgehead atoms. The molecule has 1 aromatic rings. The predicted octanol–water partition coefficient (Wildman–Crippen LogP) is 2.86. The zero-order chi connectivity index (χ0) is 9.97. The van der Waals surface area contributed by atoms with Crippen LogP contribution in [0.25, 0.3) is 0 Å². The Balaban J connectivity index is 2.31. The van der Waals surface area contributed by atoms with Gasteiger partial charge in [-0.2, -0.15) is 0 Å². The highest BCUT2D eigenvalue weighted by atomic mass is 79.9. The first kappa shape index (κ1) is 9.71. The Hall–Kier alpha value is -0.830. The maximum atomic E-state index is 10.7. The fraction of sp³-hybridized carbons (Fsp3) is 0.364. The van der Waals surface area contributed by atoms with Crippen LogP contribution >= 0.6 is 15.9 Å². The third kappa shape index (κ3) is 1.98. The lowest BCUT2D eigenvalue weighted by molar-refractivity contribution is 0.112. The molecule has 1 saturated heterocycles. The first-order valence-corrected chi connectivity index (χ1v) is 5.59. The van der Waals surface area contributed by atoms with Crippen LogP contribution in [0.15, 0.2) is 22.7 Å². The zero-order valence-electron chi connectivity index (χ0n) is 7.87. The maximum absolute atomic E-state index is 10.7. The molecule has 0 aliphatic carbocycles. The summed E-state index contributed by atoms with van der Waals surface area (Å²) in [5.41, 5.74) is 1.89. The minimum absolute atomic E-state index is 0.737. The molecule has 0 saturated carbocycles. The van der Waals surface area contributed by atoms with Gasteiger partial charge < -0.3 is 4.90 Å². The molecular weight excluding hydrogens is 242 g/mol. The topological polar surface area (TPSA) is 20.3 Å². The third-order valence-corrected chi connectivity index (χ3v) is 2.97. The zero-order valence-corrected chi connectivity index (χ0v) is 9.46. The van der Waals surface area contributed by atoms with Crippen LogP contribution in [0.1, 0.15) is 23.2 Å². The lowest BCUT2D eigenvalue weighted by Gasteiger charge is -2.18. The van der Waals surface area contributed by atoms with Gasteiger partial charge in [-0.05, 0) is 31.0 Å². The highest BCUT2D eigenvalue weighted by Gasteiger charge is 2.12. The summed E-state index contributed by atoms with van der Waals surface area (Å²) in [6, 6.07) is 5.86. The standard InChI is InChI=1S/C11H12BrNO/c12-10-5-9(8-14)6-11(7-10)13-3-1-2-4-13/h5-8H,1-4H2. The van der Waals surface area contributed by atoms with Gasteiger partial charge in [0.25, 0.3) is 0 Å². The van der Waals surface area contributed by atoms with E-state index in [-0.39, 0.29) is 0 Å². The van der Waals surface area contributed by atoms with Gasteiger partial charge in [0.2, 0.25) is 0 Å². The first-order chi connectivity index (χ1) is 6.79. The number of aldehydes is 1. The Morgan fingerprint density at radius 3 is 2.57 bits per heavy atom. The van der Waals surface area contributed by atoms with Crippen molar-refractivity contribution in [2.45, 2.75) is 12.8 Å². The van der Waals surface area contributed by atoms with Gasteiger partial charge in [0, 0.05) is 28.8 Å². The predicted molar refractivity (Wildman–Crippen MR) is 61.0 cm³/mol. The minimum Gasteiger partial charge on any atom is -0.371 e. The summed E-state index contributed by atoms with van der Waals surface area (Å²) in [4.78, 5) is 13.0. The quantitative estimate of drug-likeness (QED) is 0.756. The number of hydrogen-bond acceptors (Lipinski definition) is 2. The lowest BCUT2D eigenvalue weighted by Crippen LogP contribution is -2.17. The third-order valence-electron chi connectivity index (χ3n) is 2.51. The van der Waals surface area contributed by atoms with Crippen molar-refractivity contribution in [1.82, 2.24) is 0 Å². The number of benzene rings is 1. The van der Waals surface area contributed by atoms with E-state index in [9.17, 15) is 4.79 Å². The van der Waals surface area contributed by atoms with Crippen molar-refractivity contribution in [2.24, 2.45) is 0 Å². The highest BCUT2D eigenvalue weighted by Crippen LogP contribution is 2.25. The van der Waals surface area contributed by atoms with Crippen molar-refractivity contribution >= 4 is 27.9 Å². The van der Waals surface area contributed by atoms with Gasteiger partial charge in [-0.3, -0.25) is 4.79 Å². The molecule has 14 heavy (non-hydrogen) atoms. The Morgan fingerprint density at radius 2 is 1.93 bits per heavy atom. The Labute approximate surface area is 92.0 Å². The summed E-state index contributed by atoms with van der Waals surface area (Å²) in [5, 5.41) is 0. The van der Waals surface area contributed by atoms with E-state index in [0.717, 1.165) is 35.1 Å². The fourth-order valence-electron chi connectivity index (χ4n) is 1.82. The molecule has 1 aromatic carbocycles. The van der Waals surface area contributed by atoms with Gasteiger partial charge in [0.1, 0.15) is 6.29 Å². The molecular formula is C11H12BrNO. The van der Waals surface area contributed by atoms with Crippen molar-refractivity contribution in [3.05, 3.63) is 28.2 Å². The van der Waals surface area contributed by atoms with Crippen LogP contribution in [0.5, 0.6) is 0 Å². The molecule has 0 aromatic heterocycles. The van der Waals surface area contributed by atoms with Gasteiger partial charge in [-0.1, -0.05) is 15.9 Å². The van der Waals surface area contributed by atoms with Gasteiger partial charge in [0.05, 0.1) is 0 Å². The van der Waals surface area contributed by atoms with Crippen LogP contribution in [0.2, 0.25) is 0 Å². The number of anilines is 1. The van der Waals surface area contributed by atoms with Crippen molar-refractivity contribution in [3.8, 4) is 0 Å². The second-order valence-corrected chi connectivity index (χ2v) is 4.47. The summed E-state index contributed by atoms with van der Waals surface area (Å²) in [6.45, 7) is 2.21. The van der Waals surface area contributed by atoms with Crippen molar-refractivity contribution in [3.63, 3.8) is 0 Å². The normalized spacial score (nSPS) is 15.9. The van der Waals surface area contributed by atoms with E-state index in [1.54, 1.807) is 0 Å². The Kier molecular flexibility index (Phi) is 2.87. The van der Waals surface area contributed by atoms with Gasteiger partial charge in [0.15, 0.2) is 0 Å². The van der Waals surface area contributed by atoms with E-state index in [1.165, 1.54) is 12.8 Å². The van der Waals surface area contributed by atoms with Crippen molar-refractivity contribution in [1.29, 1.82) is 0 Å². The highest BCUT2D eigenvalue weighted by molar-refractivity contribution is 9.10. The summed E-state index contributed by atoms with van der Waals surface area (Å²) >= 11 is 3.42. The van der Waals surface area contributed by atoms with E-state index < -0.39 is 0 Å². The SMILES string of the molecule is O=Cc1cc(Br)cc(N2CCCC2)c1. The van der Waals surface area contributed by atoms with E-state index in [4.69, 9.17) is 0 Å². The van der Waals surface area contributed by atoms with E-state index in [1.807, 2.05) is 12.1 Å². The summed E-state index contributed by atoms with van der Waals surface area (Å²) in [5.74, 6) is 0. The maximum Gasteiger partial charge on any atom is 0.150 e. The molecule has 2 rings (SSSR count).